The number of hydrogen-bond acceptors (Lipinski definition) is 5. The highest BCUT2D eigenvalue weighted by Gasteiger charge is 2.27. The molecule has 1 aliphatic rings. The average molecular weight is 435 g/mol. The van der Waals surface area contributed by atoms with Crippen molar-refractivity contribution in [1.29, 1.82) is 0 Å². The monoisotopic (exact) mass is 434 g/mol. The van der Waals surface area contributed by atoms with Gasteiger partial charge in [-0.1, -0.05) is 35.0 Å². The maximum atomic E-state index is 12.6. The number of carboxylic acids is 1. The van der Waals surface area contributed by atoms with E-state index >= 15 is 0 Å². The van der Waals surface area contributed by atoms with Gasteiger partial charge in [0, 0.05) is 36.9 Å². The standard InChI is InChI=1S/C21H27ClN4O4/c22-19-7-3-1-5-16(19)13-25-14-17(23-24-25)6-2-4-8-20(27)26(15-21(28)29)18-9-11-30-12-10-18/h1,3,5,7,14,18H,2,4,6,8-13,15H2,(H,28,29). The molecule has 30 heavy (non-hydrogen) atoms. The van der Waals surface area contributed by atoms with Crippen LogP contribution in [0.3, 0.4) is 0 Å². The molecule has 0 unspecified atom stereocenters. The van der Waals surface area contributed by atoms with Gasteiger partial charge in [-0.3, -0.25) is 9.59 Å². The van der Waals surface area contributed by atoms with Crippen LogP contribution in [0, 0.1) is 0 Å². The summed E-state index contributed by atoms with van der Waals surface area (Å²) in [7, 11) is 0. The Morgan fingerprint density at radius 2 is 2.00 bits per heavy atom. The molecule has 0 spiro atoms. The fraction of sp³-hybridized carbons (Fsp3) is 0.524. The van der Waals surface area contributed by atoms with E-state index in [-0.39, 0.29) is 18.5 Å². The van der Waals surface area contributed by atoms with Gasteiger partial charge in [0.15, 0.2) is 0 Å². The van der Waals surface area contributed by atoms with E-state index in [0.717, 1.165) is 17.7 Å². The van der Waals surface area contributed by atoms with Crippen LogP contribution in [0.1, 0.15) is 43.4 Å². The van der Waals surface area contributed by atoms with Gasteiger partial charge in [-0.25, -0.2) is 4.68 Å². The van der Waals surface area contributed by atoms with Crippen LogP contribution in [0.2, 0.25) is 5.02 Å². The molecule has 1 saturated heterocycles. The zero-order valence-corrected chi connectivity index (χ0v) is 17.6. The van der Waals surface area contributed by atoms with Crippen molar-refractivity contribution < 1.29 is 19.4 Å². The minimum absolute atomic E-state index is 0.0490. The molecule has 1 amide bonds. The fourth-order valence-electron chi connectivity index (χ4n) is 3.62. The van der Waals surface area contributed by atoms with Gasteiger partial charge in [0.25, 0.3) is 0 Å². The number of hydrogen-bond donors (Lipinski definition) is 1. The summed E-state index contributed by atoms with van der Waals surface area (Å²) in [6.45, 7) is 1.44. The number of nitrogens with zero attached hydrogens (tertiary/aromatic N) is 4. The van der Waals surface area contributed by atoms with Crippen molar-refractivity contribution in [1.82, 2.24) is 19.9 Å². The topological polar surface area (TPSA) is 97.6 Å². The lowest BCUT2D eigenvalue weighted by Crippen LogP contribution is -2.46. The van der Waals surface area contributed by atoms with E-state index in [4.69, 9.17) is 21.4 Å². The Morgan fingerprint density at radius 1 is 1.23 bits per heavy atom. The van der Waals surface area contributed by atoms with Gasteiger partial charge >= 0.3 is 5.97 Å². The van der Waals surface area contributed by atoms with Gasteiger partial charge in [0.2, 0.25) is 5.91 Å². The summed E-state index contributed by atoms with van der Waals surface area (Å²) in [5, 5.41) is 18.2. The molecule has 0 saturated carbocycles. The van der Waals surface area contributed by atoms with Crippen molar-refractivity contribution in [2.45, 2.75) is 51.1 Å². The maximum absolute atomic E-state index is 12.6. The van der Waals surface area contributed by atoms with Gasteiger partial charge in [0.05, 0.1) is 12.2 Å². The van der Waals surface area contributed by atoms with Crippen LogP contribution < -0.4 is 0 Å². The second-order valence-electron chi connectivity index (χ2n) is 7.46. The molecule has 0 radical (unpaired) electrons. The Bertz CT molecular complexity index is 851. The molecule has 1 aromatic heterocycles. The van der Waals surface area contributed by atoms with Crippen LogP contribution in [0.25, 0.3) is 0 Å². The Labute approximate surface area is 180 Å². The molecule has 3 rings (SSSR count). The van der Waals surface area contributed by atoms with E-state index in [1.807, 2.05) is 30.5 Å². The Morgan fingerprint density at radius 3 is 2.73 bits per heavy atom. The van der Waals surface area contributed by atoms with Crippen LogP contribution in [0.5, 0.6) is 0 Å². The molecule has 1 aliphatic heterocycles. The summed E-state index contributed by atoms with van der Waals surface area (Å²) in [4.78, 5) is 25.3. The number of aryl methyl sites for hydroxylation is 1. The molecule has 0 bridgehead atoms. The summed E-state index contributed by atoms with van der Waals surface area (Å²) in [5.41, 5.74) is 1.84. The summed E-state index contributed by atoms with van der Waals surface area (Å²) in [5.74, 6) is -1.09. The minimum atomic E-state index is -0.982. The number of carboxylic acid groups (broad SMARTS) is 1. The van der Waals surface area contributed by atoms with E-state index in [9.17, 15) is 9.59 Å². The number of carbonyl (C=O) groups is 2. The third kappa shape index (κ3) is 6.53. The number of aromatic nitrogens is 3. The SMILES string of the molecule is O=C(O)CN(C(=O)CCCCc1cn(Cc2ccccc2Cl)nn1)C1CCOCC1. The lowest BCUT2D eigenvalue weighted by Gasteiger charge is -2.33. The zero-order valence-electron chi connectivity index (χ0n) is 16.9. The first-order valence-corrected chi connectivity index (χ1v) is 10.6. The molecule has 1 N–H and O–H groups in total. The van der Waals surface area contributed by atoms with Gasteiger partial charge in [-0.05, 0) is 43.7 Å². The van der Waals surface area contributed by atoms with Gasteiger partial charge in [-0.2, -0.15) is 0 Å². The smallest absolute Gasteiger partial charge is 0.323 e. The van der Waals surface area contributed by atoms with Crippen molar-refractivity contribution in [2.24, 2.45) is 0 Å². The van der Waals surface area contributed by atoms with E-state index in [1.165, 1.54) is 4.90 Å². The fourth-order valence-corrected chi connectivity index (χ4v) is 3.82. The number of carbonyl (C=O) groups excluding carboxylic acids is 1. The Kier molecular flexibility index (Phi) is 8.21. The van der Waals surface area contributed by atoms with Crippen LogP contribution in [0.15, 0.2) is 30.5 Å². The highest BCUT2D eigenvalue weighted by atomic mass is 35.5. The van der Waals surface area contributed by atoms with E-state index in [2.05, 4.69) is 10.3 Å². The van der Waals surface area contributed by atoms with E-state index < -0.39 is 5.97 Å². The third-order valence-electron chi connectivity index (χ3n) is 5.21. The molecule has 9 heteroatoms. The van der Waals surface area contributed by atoms with Crippen molar-refractivity contribution in [3.63, 3.8) is 0 Å². The highest BCUT2D eigenvalue weighted by molar-refractivity contribution is 6.31. The van der Waals surface area contributed by atoms with Gasteiger partial charge in [-0.15, -0.1) is 5.10 Å². The Hall–Kier alpha value is -2.45. The number of ether oxygens (including phenoxy) is 1. The zero-order chi connectivity index (χ0) is 21.3. The van der Waals surface area contributed by atoms with Gasteiger partial charge < -0.3 is 14.7 Å². The average Bonchev–Trinajstić information content (AvgIpc) is 3.19. The molecule has 162 valence electrons. The first-order chi connectivity index (χ1) is 14.5. The Balaban J connectivity index is 1.44. The highest BCUT2D eigenvalue weighted by Crippen LogP contribution is 2.18. The van der Waals surface area contributed by atoms with Crippen LogP contribution >= 0.6 is 11.6 Å². The molecule has 2 aromatic rings. The van der Waals surface area contributed by atoms with E-state index in [1.54, 1.807) is 4.68 Å². The summed E-state index contributed by atoms with van der Waals surface area (Å²) < 4.78 is 7.07. The predicted molar refractivity (Wildman–Crippen MR) is 111 cm³/mol. The number of unbranched alkanes of at least 4 members (excludes halogenated alkanes) is 1. The van der Waals surface area contributed by atoms with Crippen molar-refractivity contribution in [2.75, 3.05) is 19.8 Å². The molecule has 0 atom stereocenters. The molecule has 0 aliphatic carbocycles. The lowest BCUT2D eigenvalue weighted by molar-refractivity contribution is -0.147. The number of halogens is 1. The van der Waals surface area contributed by atoms with Crippen LogP contribution in [0.4, 0.5) is 0 Å². The lowest BCUT2D eigenvalue weighted by atomic mass is 10.1. The first-order valence-electron chi connectivity index (χ1n) is 10.2. The number of rotatable bonds is 10. The second-order valence-corrected chi connectivity index (χ2v) is 7.87. The van der Waals surface area contributed by atoms with Crippen LogP contribution in [-0.4, -0.2) is 62.7 Å². The molecule has 1 fully saturated rings. The van der Waals surface area contributed by atoms with Gasteiger partial charge in [0.1, 0.15) is 6.54 Å². The maximum Gasteiger partial charge on any atom is 0.323 e. The van der Waals surface area contributed by atoms with Crippen LogP contribution in [-0.2, 0) is 27.3 Å². The minimum Gasteiger partial charge on any atom is -0.480 e. The number of aliphatic carboxylic acids is 1. The molecular weight excluding hydrogens is 408 g/mol. The summed E-state index contributed by atoms with van der Waals surface area (Å²) >= 11 is 6.18. The molecular formula is C21H27ClN4O4. The van der Waals surface area contributed by atoms with Crippen molar-refractivity contribution in [3.05, 3.63) is 46.7 Å². The predicted octanol–water partition coefficient (Wildman–Crippen LogP) is 2.78. The third-order valence-corrected chi connectivity index (χ3v) is 5.58. The van der Waals surface area contributed by atoms with E-state index in [0.29, 0.717) is 56.9 Å². The van der Waals surface area contributed by atoms with Crippen molar-refractivity contribution in [3.8, 4) is 0 Å². The molecule has 2 heterocycles. The molecule has 8 nitrogen and oxygen atoms in total. The number of amides is 1. The second kappa shape index (κ2) is 11.1. The summed E-state index contributed by atoms with van der Waals surface area (Å²) in [6.07, 6.45) is 5.77. The number of benzene rings is 1. The normalized spacial score (nSPS) is 14.6. The summed E-state index contributed by atoms with van der Waals surface area (Å²) in [6, 6.07) is 7.58. The van der Waals surface area contributed by atoms with Crippen molar-refractivity contribution >= 4 is 23.5 Å². The molecule has 1 aromatic carbocycles. The largest absolute Gasteiger partial charge is 0.480 e. The first kappa shape index (κ1) is 22.2. The quantitative estimate of drug-likeness (QED) is 0.577.